The molecule has 0 aliphatic carbocycles. The first-order valence-corrected chi connectivity index (χ1v) is 5.10. The van der Waals surface area contributed by atoms with Gasteiger partial charge in [0.15, 0.2) is 0 Å². The van der Waals surface area contributed by atoms with E-state index in [9.17, 15) is 4.57 Å². The number of benzene rings is 1. The molecule has 0 amide bonds. The molecule has 0 fully saturated rings. The van der Waals surface area contributed by atoms with E-state index in [1.54, 1.807) is 37.3 Å². The van der Waals surface area contributed by atoms with Crippen LogP contribution in [0.3, 0.4) is 0 Å². The van der Waals surface area contributed by atoms with E-state index in [1.807, 2.05) is 6.07 Å². The summed E-state index contributed by atoms with van der Waals surface area (Å²) in [5, 5.41) is 0. The molecule has 0 radical (unpaired) electrons. The fourth-order valence-electron chi connectivity index (χ4n) is 0.732. The minimum atomic E-state index is -2.44. The van der Waals surface area contributed by atoms with E-state index in [0.717, 1.165) is 0 Å². The Morgan fingerprint density at radius 2 is 2.00 bits per heavy atom. The molecule has 1 aromatic rings. The summed E-state index contributed by atoms with van der Waals surface area (Å²) in [6.07, 6.45) is 3.00. The molecule has 0 saturated heterocycles. The Balaban J connectivity index is 2.46. The molecule has 1 unspecified atom stereocenters. The second-order valence-corrected chi connectivity index (χ2v) is 3.19. The zero-order chi connectivity index (χ0) is 9.52. The summed E-state index contributed by atoms with van der Waals surface area (Å²) in [7, 11) is -2.44. The molecule has 0 aliphatic rings. The number of rotatable bonds is 4. The van der Waals surface area contributed by atoms with Gasteiger partial charge in [-0.3, -0.25) is 0 Å². The maximum absolute atomic E-state index is 11.1. The Morgan fingerprint density at radius 1 is 1.31 bits per heavy atom. The van der Waals surface area contributed by atoms with Crippen LogP contribution in [-0.4, -0.2) is 0 Å². The van der Waals surface area contributed by atoms with Gasteiger partial charge >= 0.3 is 8.25 Å². The SMILES string of the molecule is CC=CO[PH](=O)Oc1ccccc1. The fraction of sp³-hybridized carbons (Fsp3) is 0.111. The second-order valence-electron chi connectivity index (χ2n) is 2.25. The first-order valence-electron chi connectivity index (χ1n) is 3.87. The standard InChI is InChI=1S/C9H11O3P/c1-2-8-11-13(10)12-9-6-4-3-5-7-9/h2-8,13H,1H3. The van der Waals surface area contributed by atoms with E-state index < -0.39 is 8.25 Å². The lowest BCUT2D eigenvalue weighted by molar-refractivity contribution is 0.383. The number of para-hydroxylation sites is 1. The molecule has 0 aliphatic heterocycles. The molecular formula is C9H11O3P. The minimum absolute atomic E-state index is 0.552. The van der Waals surface area contributed by atoms with Crippen molar-refractivity contribution < 1.29 is 13.6 Å². The van der Waals surface area contributed by atoms with Crippen molar-refractivity contribution in [1.29, 1.82) is 0 Å². The molecular weight excluding hydrogens is 187 g/mol. The van der Waals surface area contributed by atoms with Crippen LogP contribution in [0.25, 0.3) is 0 Å². The molecule has 0 bridgehead atoms. The molecule has 1 atom stereocenters. The van der Waals surface area contributed by atoms with Crippen LogP contribution in [0.5, 0.6) is 5.75 Å². The van der Waals surface area contributed by atoms with Crippen LogP contribution in [0.15, 0.2) is 42.7 Å². The Morgan fingerprint density at radius 3 is 2.62 bits per heavy atom. The highest BCUT2D eigenvalue weighted by Gasteiger charge is 1.97. The molecule has 4 heteroatoms. The van der Waals surface area contributed by atoms with E-state index in [1.165, 1.54) is 6.26 Å². The Kier molecular flexibility index (Phi) is 4.13. The highest BCUT2D eigenvalue weighted by atomic mass is 31.1. The quantitative estimate of drug-likeness (QED) is 0.551. The smallest absolute Gasteiger partial charge is 0.418 e. The predicted octanol–water partition coefficient (Wildman–Crippen LogP) is 3.01. The van der Waals surface area contributed by atoms with E-state index in [0.29, 0.717) is 5.75 Å². The summed E-state index contributed by atoms with van der Waals surface area (Å²) < 4.78 is 20.8. The third-order valence-electron chi connectivity index (χ3n) is 1.24. The van der Waals surface area contributed by atoms with Gasteiger partial charge in [-0.1, -0.05) is 24.3 Å². The average molecular weight is 198 g/mol. The van der Waals surface area contributed by atoms with Gasteiger partial charge < -0.3 is 9.05 Å². The second kappa shape index (κ2) is 5.44. The third kappa shape index (κ3) is 3.81. The van der Waals surface area contributed by atoms with Crippen LogP contribution in [0.1, 0.15) is 6.92 Å². The van der Waals surface area contributed by atoms with Crippen LogP contribution >= 0.6 is 8.25 Å². The molecule has 1 rings (SSSR count). The molecule has 1 aromatic carbocycles. The van der Waals surface area contributed by atoms with Crippen molar-refractivity contribution in [3.8, 4) is 5.75 Å². The van der Waals surface area contributed by atoms with Crippen LogP contribution in [0.4, 0.5) is 0 Å². The summed E-state index contributed by atoms with van der Waals surface area (Å²) >= 11 is 0. The average Bonchev–Trinajstić information content (AvgIpc) is 2.16. The van der Waals surface area contributed by atoms with Crippen LogP contribution in [-0.2, 0) is 9.09 Å². The number of hydrogen-bond donors (Lipinski definition) is 0. The lowest BCUT2D eigenvalue weighted by atomic mass is 10.3. The summed E-state index contributed by atoms with van der Waals surface area (Å²) in [6, 6.07) is 8.92. The van der Waals surface area contributed by atoms with Gasteiger partial charge in [-0.25, -0.2) is 4.57 Å². The van der Waals surface area contributed by atoms with Gasteiger partial charge in [-0.15, -0.1) is 0 Å². The zero-order valence-electron chi connectivity index (χ0n) is 7.27. The van der Waals surface area contributed by atoms with Crippen molar-refractivity contribution >= 4 is 8.25 Å². The zero-order valence-corrected chi connectivity index (χ0v) is 8.27. The van der Waals surface area contributed by atoms with E-state index in [-0.39, 0.29) is 0 Å². The summed E-state index contributed by atoms with van der Waals surface area (Å²) in [5.74, 6) is 0.552. The largest absolute Gasteiger partial charge is 0.426 e. The van der Waals surface area contributed by atoms with Crippen LogP contribution in [0, 0.1) is 0 Å². The maximum atomic E-state index is 11.1. The molecule has 70 valence electrons. The summed E-state index contributed by atoms with van der Waals surface area (Å²) in [5.41, 5.74) is 0. The van der Waals surface area contributed by atoms with Gasteiger partial charge in [0, 0.05) is 0 Å². The van der Waals surface area contributed by atoms with E-state index >= 15 is 0 Å². The van der Waals surface area contributed by atoms with Crippen molar-refractivity contribution in [3.05, 3.63) is 42.7 Å². The Hall–Kier alpha value is -1.21. The molecule has 0 saturated carbocycles. The van der Waals surface area contributed by atoms with Crippen molar-refractivity contribution in [2.75, 3.05) is 0 Å². The monoisotopic (exact) mass is 198 g/mol. The van der Waals surface area contributed by atoms with Gasteiger partial charge in [0.1, 0.15) is 5.75 Å². The van der Waals surface area contributed by atoms with Crippen LogP contribution in [0.2, 0.25) is 0 Å². The van der Waals surface area contributed by atoms with Gasteiger partial charge in [0.25, 0.3) is 0 Å². The van der Waals surface area contributed by atoms with Crippen molar-refractivity contribution in [3.63, 3.8) is 0 Å². The first kappa shape index (κ1) is 9.87. The molecule has 0 heterocycles. The van der Waals surface area contributed by atoms with Crippen molar-refractivity contribution in [2.45, 2.75) is 6.92 Å². The number of allylic oxidation sites excluding steroid dienone is 1. The molecule has 0 aromatic heterocycles. The normalized spacial score (nSPS) is 12.7. The molecule has 0 N–H and O–H groups in total. The third-order valence-corrected chi connectivity index (χ3v) is 1.98. The first-order chi connectivity index (χ1) is 6.33. The minimum Gasteiger partial charge on any atom is -0.426 e. The molecule has 0 spiro atoms. The van der Waals surface area contributed by atoms with Gasteiger partial charge in [0.05, 0.1) is 6.26 Å². The van der Waals surface area contributed by atoms with E-state index in [2.05, 4.69) is 0 Å². The maximum Gasteiger partial charge on any atom is 0.418 e. The lowest BCUT2D eigenvalue weighted by Gasteiger charge is -2.03. The number of hydrogen-bond acceptors (Lipinski definition) is 3. The lowest BCUT2D eigenvalue weighted by Crippen LogP contribution is -1.80. The van der Waals surface area contributed by atoms with E-state index in [4.69, 9.17) is 9.05 Å². The summed E-state index contributed by atoms with van der Waals surface area (Å²) in [4.78, 5) is 0. The van der Waals surface area contributed by atoms with Gasteiger partial charge in [0.2, 0.25) is 0 Å². The molecule has 3 nitrogen and oxygen atoms in total. The molecule has 13 heavy (non-hydrogen) atoms. The topological polar surface area (TPSA) is 35.5 Å². The predicted molar refractivity (Wildman–Crippen MR) is 52.0 cm³/mol. The van der Waals surface area contributed by atoms with Gasteiger partial charge in [-0.05, 0) is 19.1 Å². The van der Waals surface area contributed by atoms with Crippen LogP contribution < -0.4 is 4.52 Å². The van der Waals surface area contributed by atoms with Crippen molar-refractivity contribution in [1.82, 2.24) is 0 Å². The van der Waals surface area contributed by atoms with Gasteiger partial charge in [-0.2, -0.15) is 0 Å². The van der Waals surface area contributed by atoms with Crippen molar-refractivity contribution in [2.24, 2.45) is 0 Å². The Bertz CT molecular complexity index is 295. The fourth-order valence-corrected chi connectivity index (χ4v) is 1.36. The highest BCUT2D eigenvalue weighted by Crippen LogP contribution is 2.27. The summed E-state index contributed by atoms with van der Waals surface area (Å²) in [6.45, 7) is 1.78. The Labute approximate surface area is 77.9 Å². The highest BCUT2D eigenvalue weighted by molar-refractivity contribution is 7.33.